The number of halogens is 5. The lowest BCUT2D eigenvalue weighted by molar-refractivity contribution is -0.0579. The maximum Gasteiger partial charge on any atom is 0.434 e. The molecule has 1 aromatic carbocycles. The summed E-state index contributed by atoms with van der Waals surface area (Å²) in [7, 11) is -2.17. The molecule has 1 rings (SSSR count). The number of hydrogen-bond donors (Lipinski definition) is 0. The van der Waals surface area contributed by atoms with Crippen molar-refractivity contribution in [2.45, 2.75) is 31.7 Å². The number of nitrogens with zero attached hydrogens (tertiary/aromatic N) is 1. The summed E-state index contributed by atoms with van der Waals surface area (Å²) >= 11 is 5.57. The quantitative estimate of drug-likeness (QED) is 0.588. The van der Waals surface area contributed by atoms with E-state index in [4.69, 9.17) is 11.6 Å². The Morgan fingerprint density at radius 1 is 1.25 bits per heavy atom. The Bertz CT molecular complexity index is 564. The minimum Gasteiger partial charge on any atom is -0.234 e. The van der Waals surface area contributed by atoms with Crippen molar-refractivity contribution in [1.29, 1.82) is 0 Å². The van der Waals surface area contributed by atoms with Crippen LogP contribution >= 0.6 is 11.6 Å². The van der Waals surface area contributed by atoms with Crippen LogP contribution in [0.4, 0.5) is 17.6 Å². The third-order valence-corrected chi connectivity index (χ3v) is 3.78. The van der Waals surface area contributed by atoms with Crippen LogP contribution in [-0.4, -0.2) is 20.8 Å². The number of rotatable bonds is 2. The topological polar surface area (TPSA) is 29.4 Å². The molecule has 0 saturated carbocycles. The second-order valence-electron chi connectivity index (χ2n) is 4.92. The van der Waals surface area contributed by atoms with E-state index in [9.17, 15) is 21.8 Å². The molecule has 0 aliphatic heterocycles. The normalized spacial score (nSPS) is 15.3. The van der Waals surface area contributed by atoms with E-state index < -0.39 is 39.0 Å². The van der Waals surface area contributed by atoms with Crippen LogP contribution in [0.1, 0.15) is 26.3 Å². The summed E-state index contributed by atoms with van der Waals surface area (Å²) in [5.41, 5.74) is -2.35. The molecule has 0 bridgehead atoms. The highest BCUT2D eigenvalue weighted by Gasteiger charge is 2.40. The highest BCUT2D eigenvalue weighted by Crippen LogP contribution is 2.28. The lowest BCUT2D eigenvalue weighted by Crippen LogP contribution is -2.29. The summed E-state index contributed by atoms with van der Waals surface area (Å²) in [4.78, 5) is 0. The van der Waals surface area contributed by atoms with Crippen molar-refractivity contribution in [2.24, 2.45) is 4.40 Å². The molecule has 0 heterocycles. The van der Waals surface area contributed by atoms with Gasteiger partial charge in [-0.05, 0) is 39.0 Å². The lowest BCUT2D eigenvalue weighted by Gasteiger charge is -2.17. The molecular formula is C12H12ClF4NOS. The fourth-order valence-corrected chi connectivity index (χ4v) is 1.97. The highest BCUT2D eigenvalue weighted by atomic mass is 35.5. The summed E-state index contributed by atoms with van der Waals surface area (Å²) in [5, 5.41) is -0.0695. The largest absolute Gasteiger partial charge is 0.434 e. The molecule has 1 aromatic rings. The first kappa shape index (κ1) is 17.1. The molecule has 0 spiro atoms. The van der Waals surface area contributed by atoms with Gasteiger partial charge in [0.2, 0.25) is 0 Å². The summed E-state index contributed by atoms with van der Waals surface area (Å²) in [6.45, 7) is 4.40. The van der Waals surface area contributed by atoms with Gasteiger partial charge in [-0.2, -0.15) is 17.6 Å². The Morgan fingerprint density at radius 3 is 2.25 bits per heavy atom. The van der Waals surface area contributed by atoms with Gasteiger partial charge in [0.05, 0.1) is 4.75 Å². The molecule has 20 heavy (non-hydrogen) atoms. The van der Waals surface area contributed by atoms with Gasteiger partial charge in [0.15, 0.2) is 5.71 Å². The monoisotopic (exact) mass is 329 g/mol. The first-order valence-electron chi connectivity index (χ1n) is 5.46. The van der Waals surface area contributed by atoms with Crippen molar-refractivity contribution in [2.75, 3.05) is 0 Å². The zero-order chi connectivity index (χ0) is 15.7. The molecule has 0 radical (unpaired) electrons. The van der Waals surface area contributed by atoms with E-state index in [-0.39, 0.29) is 5.02 Å². The summed E-state index contributed by atoms with van der Waals surface area (Å²) < 4.78 is 66.5. The second-order valence-corrected chi connectivity index (χ2v) is 7.27. The van der Waals surface area contributed by atoms with Gasteiger partial charge >= 0.3 is 6.18 Å². The number of hydrogen-bond acceptors (Lipinski definition) is 1. The third-order valence-electron chi connectivity index (χ3n) is 2.15. The van der Waals surface area contributed by atoms with Crippen molar-refractivity contribution in [3.05, 3.63) is 34.6 Å². The molecule has 0 aromatic heterocycles. The standard InChI is InChI=1S/C12H12ClF4NOS/c1-11(2,3)20(19)18-10(12(15,16)17)8-6-7(13)4-5-9(8)14/h4-6H,1-3H3. The minimum atomic E-state index is -4.94. The Balaban J connectivity index is 3.46. The molecule has 2 nitrogen and oxygen atoms in total. The molecule has 0 fully saturated rings. The van der Waals surface area contributed by atoms with Gasteiger partial charge < -0.3 is 0 Å². The maximum absolute atomic E-state index is 13.6. The van der Waals surface area contributed by atoms with E-state index in [0.717, 1.165) is 18.2 Å². The van der Waals surface area contributed by atoms with E-state index in [0.29, 0.717) is 0 Å². The molecule has 1 unspecified atom stereocenters. The zero-order valence-corrected chi connectivity index (χ0v) is 12.5. The molecule has 0 N–H and O–H groups in total. The van der Waals surface area contributed by atoms with Gasteiger partial charge in [0.1, 0.15) is 16.8 Å². The van der Waals surface area contributed by atoms with Crippen molar-refractivity contribution in [3.63, 3.8) is 0 Å². The molecule has 1 atom stereocenters. The Hall–Kier alpha value is -0.950. The molecule has 0 amide bonds. The van der Waals surface area contributed by atoms with Gasteiger partial charge in [0.25, 0.3) is 0 Å². The fourth-order valence-electron chi connectivity index (χ4n) is 1.15. The van der Waals surface area contributed by atoms with Crippen LogP contribution < -0.4 is 0 Å². The predicted octanol–water partition coefficient (Wildman–Crippen LogP) is 4.29. The van der Waals surface area contributed by atoms with Crippen LogP contribution in [0.3, 0.4) is 0 Å². The van der Waals surface area contributed by atoms with Crippen molar-refractivity contribution >= 4 is 28.3 Å². The van der Waals surface area contributed by atoms with E-state index in [2.05, 4.69) is 4.40 Å². The first-order chi connectivity index (χ1) is 8.93. The van der Waals surface area contributed by atoms with Crippen LogP contribution in [0.5, 0.6) is 0 Å². The van der Waals surface area contributed by atoms with Crippen molar-refractivity contribution in [3.8, 4) is 0 Å². The summed E-state index contributed by atoms with van der Waals surface area (Å²) in [5.74, 6) is -1.13. The summed E-state index contributed by atoms with van der Waals surface area (Å²) in [6, 6.07) is 2.73. The van der Waals surface area contributed by atoms with Crippen molar-refractivity contribution < 1.29 is 21.8 Å². The maximum atomic E-state index is 13.6. The van der Waals surface area contributed by atoms with E-state index >= 15 is 0 Å². The minimum absolute atomic E-state index is 0.0695. The van der Waals surface area contributed by atoms with Gasteiger partial charge in [-0.3, -0.25) is 0 Å². The molecule has 0 aliphatic rings. The molecule has 0 aliphatic carbocycles. The zero-order valence-electron chi connectivity index (χ0n) is 10.9. The number of alkyl halides is 3. The van der Waals surface area contributed by atoms with Crippen LogP contribution in [-0.2, 0) is 11.0 Å². The third kappa shape index (κ3) is 4.28. The Kier molecular flexibility index (Phi) is 4.97. The van der Waals surface area contributed by atoms with Crippen molar-refractivity contribution in [1.82, 2.24) is 0 Å². The van der Waals surface area contributed by atoms with E-state index in [1.807, 2.05) is 0 Å². The van der Waals surface area contributed by atoms with Gasteiger partial charge in [-0.1, -0.05) is 11.6 Å². The van der Waals surface area contributed by atoms with Gasteiger partial charge in [0, 0.05) is 10.6 Å². The molecule has 8 heteroatoms. The molecular weight excluding hydrogens is 318 g/mol. The molecule has 112 valence electrons. The average Bonchev–Trinajstić information content (AvgIpc) is 2.26. The van der Waals surface area contributed by atoms with Crippen LogP contribution in [0.2, 0.25) is 5.02 Å². The Labute approximate surface area is 121 Å². The van der Waals surface area contributed by atoms with E-state index in [1.54, 1.807) is 0 Å². The highest BCUT2D eigenvalue weighted by molar-refractivity contribution is 7.85. The lowest BCUT2D eigenvalue weighted by atomic mass is 10.1. The average molecular weight is 330 g/mol. The fraction of sp³-hybridized carbons (Fsp3) is 0.417. The predicted molar refractivity (Wildman–Crippen MR) is 71.9 cm³/mol. The van der Waals surface area contributed by atoms with Crippen LogP contribution in [0, 0.1) is 5.82 Å². The smallest absolute Gasteiger partial charge is 0.234 e. The van der Waals surface area contributed by atoms with E-state index in [1.165, 1.54) is 20.8 Å². The van der Waals surface area contributed by atoms with Crippen LogP contribution in [0.25, 0.3) is 0 Å². The summed E-state index contributed by atoms with van der Waals surface area (Å²) in [6.07, 6.45) is -4.94. The SMILES string of the molecule is CC(C)(C)S(=O)N=C(c1cc(Cl)ccc1F)C(F)(F)F. The van der Waals surface area contributed by atoms with Gasteiger partial charge in [-0.25, -0.2) is 8.60 Å². The molecule has 0 saturated heterocycles. The van der Waals surface area contributed by atoms with Gasteiger partial charge in [-0.15, -0.1) is 0 Å². The Morgan fingerprint density at radius 2 is 1.80 bits per heavy atom. The second kappa shape index (κ2) is 5.81. The van der Waals surface area contributed by atoms with Crippen LogP contribution in [0.15, 0.2) is 22.6 Å². The first-order valence-corrected chi connectivity index (χ1v) is 6.94. The number of benzene rings is 1.